The van der Waals surface area contributed by atoms with Crippen LogP contribution in [0.4, 0.5) is 4.79 Å². The highest BCUT2D eigenvalue weighted by atomic mass is 16.6. The van der Waals surface area contributed by atoms with Crippen LogP contribution in [0, 0.1) is 0 Å². The molecule has 0 fully saturated rings. The molecule has 0 aliphatic carbocycles. The van der Waals surface area contributed by atoms with E-state index in [0.717, 1.165) is 0 Å². The zero-order chi connectivity index (χ0) is 16.8. The average Bonchev–Trinajstić information content (AvgIpc) is 2.43. The maximum absolute atomic E-state index is 12.0. The number of aliphatic hydroxyl groups excluding tert-OH is 1. The van der Waals surface area contributed by atoms with Crippen LogP contribution in [0.15, 0.2) is 24.5 Å². The molecular formula is C15H22N2O5. The van der Waals surface area contributed by atoms with Gasteiger partial charge in [0.05, 0.1) is 6.61 Å². The second-order valence-corrected chi connectivity index (χ2v) is 5.60. The highest BCUT2D eigenvalue weighted by molar-refractivity contribution is 5.82. The molecule has 122 valence electrons. The van der Waals surface area contributed by atoms with E-state index in [1.165, 1.54) is 12.4 Å². The smallest absolute Gasteiger partial charge is 0.408 e. The minimum absolute atomic E-state index is 0.133. The van der Waals surface area contributed by atoms with Gasteiger partial charge in [0.1, 0.15) is 11.7 Å². The van der Waals surface area contributed by atoms with Crippen LogP contribution in [0.3, 0.4) is 0 Å². The lowest BCUT2D eigenvalue weighted by atomic mass is 10.0. The zero-order valence-corrected chi connectivity index (χ0v) is 13.2. The summed E-state index contributed by atoms with van der Waals surface area (Å²) < 4.78 is 9.99. The molecule has 2 atom stereocenters. The van der Waals surface area contributed by atoms with E-state index >= 15 is 0 Å². The number of aliphatic hydroxyl groups is 1. The molecule has 22 heavy (non-hydrogen) atoms. The Bertz CT molecular complexity index is 498. The number of nitrogens with zero attached hydrogens (tertiary/aromatic N) is 1. The van der Waals surface area contributed by atoms with E-state index < -0.39 is 29.8 Å². The van der Waals surface area contributed by atoms with Crippen molar-refractivity contribution >= 4 is 12.1 Å². The van der Waals surface area contributed by atoms with E-state index in [1.54, 1.807) is 39.8 Å². The average molecular weight is 310 g/mol. The second-order valence-electron chi connectivity index (χ2n) is 5.60. The van der Waals surface area contributed by atoms with Crippen molar-refractivity contribution in [3.63, 3.8) is 0 Å². The van der Waals surface area contributed by atoms with Crippen molar-refractivity contribution in [1.82, 2.24) is 10.3 Å². The Morgan fingerprint density at radius 3 is 2.41 bits per heavy atom. The molecule has 7 nitrogen and oxygen atoms in total. The van der Waals surface area contributed by atoms with Crippen LogP contribution in [0.1, 0.15) is 39.4 Å². The highest BCUT2D eigenvalue weighted by Crippen LogP contribution is 2.18. The fraction of sp³-hybridized carbons (Fsp3) is 0.533. The first-order chi connectivity index (χ1) is 10.2. The number of hydrogen-bond acceptors (Lipinski definition) is 6. The van der Waals surface area contributed by atoms with Crippen LogP contribution < -0.4 is 5.32 Å². The van der Waals surface area contributed by atoms with Crippen LogP contribution in [0.25, 0.3) is 0 Å². The number of aromatic nitrogens is 1. The maximum atomic E-state index is 12.0. The van der Waals surface area contributed by atoms with Gasteiger partial charge in [-0.05, 0) is 45.4 Å². The second kappa shape index (κ2) is 7.74. The summed E-state index contributed by atoms with van der Waals surface area (Å²) >= 11 is 0. The largest absolute Gasteiger partial charge is 0.464 e. The minimum atomic E-state index is -1.27. The number of pyridine rings is 1. The van der Waals surface area contributed by atoms with Crippen LogP contribution >= 0.6 is 0 Å². The fourth-order valence-corrected chi connectivity index (χ4v) is 1.69. The van der Waals surface area contributed by atoms with Crippen LogP contribution in [-0.2, 0) is 14.3 Å². The van der Waals surface area contributed by atoms with Crippen LogP contribution in [0.5, 0.6) is 0 Å². The fourth-order valence-electron chi connectivity index (χ4n) is 1.69. The van der Waals surface area contributed by atoms with Crippen molar-refractivity contribution in [2.45, 2.75) is 45.4 Å². The van der Waals surface area contributed by atoms with Crippen molar-refractivity contribution in [3.8, 4) is 0 Å². The van der Waals surface area contributed by atoms with Gasteiger partial charge in [-0.25, -0.2) is 9.59 Å². The summed E-state index contributed by atoms with van der Waals surface area (Å²) in [7, 11) is 0. The lowest BCUT2D eigenvalue weighted by molar-refractivity contribution is -0.148. The van der Waals surface area contributed by atoms with Gasteiger partial charge in [-0.1, -0.05) is 0 Å². The third-order valence-electron chi connectivity index (χ3n) is 2.58. The molecule has 1 aromatic rings. The maximum Gasteiger partial charge on any atom is 0.408 e. The third kappa shape index (κ3) is 5.69. The summed E-state index contributed by atoms with van der Waals surface area (Å²) in [4.78, 5) is 27.7. The first-order valence-electron chi connectivity index (χ1n) is 6.98. The number of carbonyl (C=O) groups is 2. The molecular weight excluding hydrogens is 288 g/mol. The Balaban J connectivity index is 2.89. The quantitative estimate of drug-likeness (QED) is 0.801. The Labute approximate surface area is 129 Å². The summed E-state index contributed by atoms with van der Waals surface area (Å²) in [6.07, 6.45) is 0.885. The molecule has 2 N–H and O–H groups in total. The van der Waals surface area contributed by atoms with E-state index in [4.69, 9.17) is 9.47 Å². The van der Waals surface area contributed by atoms with Gasteiger partial charge in [-0.3, -0.25) is 4.98 Å². The number of hydrogen-bond donors (Lipinski definition) is 2. The van der Waals surface area contributed by atoms with Gasteiger partial charge in [0, 0.05) is 12.4 Å². The Morgan fingerprint density at radius 2 is 1.91 bits per heavy atom. The van der Waals surface area contributed by atoms with E-state index in [2.05, 4.69) is 10.3 Å². The lowest BCUT2D eigenvalue weighted by Gasteiger charge is -2.25. The normalized spacial score (nSPS) is 13.9. The van der Waals surface area contributed by atoms with E-state index in [9.17, 15) is 14.7 Å². The summed E-state index contributed by atoms with van der Waals surface area (Å²) in [6.45, 7) is 6.87. The van der Waals surface area contributed by atoms with Gasteiger partial charge in [0.25, 0.3) is 0 Å². The highest BCUT2D eigenvalue weighted by Gasteiger charge is 2.32. The Kier molecular flexibility index (Phi) is 6.30. The minimum Gasteiger partial charge on any atom is -0.464 e. The van der Waals surface area contributed by atoms with Gasteiger partial charge in [0.2, 0.25) is 0 Å². The molecule has 0 saturated carbocycles. The SMILES string of the molecule is CCOC(=O)[C@H](NC(=O)OC(C)(C)C)[C@@H](O)c1ccncc1. The first-order valence-corrected chi connectivity index (χ1v) is 6.98. The molecule has 0 bridgehead atoms. The van der Waals surface area contributed by atoms with Crippen molar-refractivity contribution in [3.05, 3.63) is 30.1 Å². The van der Waals surface area contributed by atoms with Crippen LogP contribution in [0.2, 0.25) is 0 Å². The van der Waals surface area contributed by atoms with Gasteiger partial charge < -0.3 is 19.9 Å². The molecule has 1 amide bonds. The molecule has 0 radical (unpaired) electrons. The predicted octanol–water partition coefficient (Wildman–Crippen LogP) is 1.57. The predicted molar refractivity (Wildman–Crippen MR) is 79.0 cm³/mol. The summed E-state index contributed by atoms with van der Waals surface area (Å²) in [5.74, 6) is -0.738. The number of esters is 1. The summed E-state index contributed by atoms with van der Waals surface area (Å²) in [5, 5.41) is 12.7. The lowest BCUT2D eigenvalue weighted by Crippen LogP contribution is -2.47. The van der Waals surface area contributed by atoms with Crippen molar-refractivity contribution in [2.75, 3.05) is 6.61 Å². The van der Waals surface area contributed by atoms with Gasteiger partial charge in [-0.2, -0.15) is 0 Å². The van der Waals surface area contributed by atoms with E-state index in [-0.39, 0.29) is 6.61 Å². The molecule has 0 unspecified atom stereocenters. The Hall–Kier alpha value is -2.15. The van der Waals surface area contributed by atoms with Crippen LogP contribution in [-0.4, -0.2) is 40.4 Å². The third-order valence-corrected chi connectivity index (χ3v) is 2.58. The van der Waals surface area contributed by atoms with Gasteiger partial charge >= 0.3 is 12.1 Å². The number of alkyl carbamates (subject to hydrolysis) is 1. The molecule has 1 aromatic heterocycles. The number of rotatable bonds is 5. The number of ether oxygens (including phenoxy) is 2. The van der Waals surface area contributed by atoms with E-state index in [1.807, 2.05) is 0 Å². The number of nitrogens with one attached hydrogen (secondary N) is 1. The molecule has 1 heterocycles. The van der Waals surface area contributed by atoms with Gasteiger partial charge in [-0.15, -0.1) is 0 Å². The topological polar surface area (TPSA) is 97.8 Å². The van der Waals surface area contributed by atoms with Crippen molar-refractivity contribution < 1.29 is 24.2 Å². The molecule has 0 aromatic carbocycles. The van der Waals surface area contributed by atoms with Crippen molar-refractivity contribution in [2.24, 2.45) is 0 Å². The first kappa shape index (κ1) is 17.9. The molecule has 0 spiro atoms. The molecule has 0 saturated heterocycles. The molecule has 7 heteroatoms. The van der Waals surface area contributed by atoms with Gasteiger partial charge in [0.15, 0.2) is 6.04 Å². The molecule has 0 aliphatic rings. The molecule has 0 aliphatic heterocycles. The Morgan fingerprint density at radius 1 is 1.32 bits per heavy atom. The monoisotopic (exact) mass is 310 g/mol. The summed E-state index contributed by atoms with van der Waals surface area (Å²) in [6, 6.07) is 1.83. The standard InChI is InChI=1S/C15H22N2O5/c1-5-21-13(19)11(17-14(20)22-15(2,3)4)12(18)10-6-8-16-9-7-10/h6-9,11-12,18H,5H2,1-4H3,(H,17,20)/t11-,12+/m1/s1. The summed E-state index contributed by atoms with van der Waals surface area (Å²) in [5.41, 5.74) is -0.283. The zero-order valence-electron chi connectivity index (χ0n) is 13.2. The van der Waals surface area contributed by atoms with Crippen molar-refractivity contribution in [1.29, 1.82) is 0 Å². The molecule has 1 rings (SSSR count). The number of carbonyl (C=O) groups excluding carboxylic acids is 2. The van der Waals surface area contributed by atoms with E-state index in [0.29, 0.717) is 5.56 Å². The number of amides is 1.